The molecule has 0 saturated carbocycles. The van der Waals surface area contributed by atoms with Gasteiger partial charge >= 0.3 is 0 Å². The van der Waals surface area contributed by atoms with Gasteiger partial charge in [0.15, 0.2) is 0 Å². The van der Waals surface area contributed by atoms with Crippen molar-refractivity contribution in [3.05, 3.63) is 184 Å². The lowest BCUT2D eigenvalue weighted by atomic mass is 9.32. The Morgan fingerprint density at radius 2 is 0.917 bits per heavy atom. The van der Waals surface area contributed by atoms with E-state index in [-0.39, 0.29) is 44.6 Å². The molecule has 72 heavy (non-hydrogen) atoms. The molecule has 12 rings (SSSR count). The SMILES string of the molecule is [2H]C([2H])([2H])c1cc2c3c(c1)N(c1ccc(C(C)(C)c4ccccc4)cc1-c1ccccc1)c1cc4c(cc1B3c1cc3c(cc1N2c1ccc2c(c1)C(C)(C)CCC2(C)C)C(C)(C)CCC3(C)C)C(C)(C)CC4(C)C. The van der Waals surface area contributed by atoms with Gasteiger partial charge in [-0.15, -0.1) is 0 Å². The van der Waals surface area contributed by atoms with Crippen LogP contribution in [0.5, 0.6) is 0 Å². The Balaban J connectivity index is 1.23. The summed E-state index contributed by atoms with van der Waals surface area (Å²) >= 11 is 0. The van der Waals surface area contributed by atoms with Crippen LogP contribution in [-0.2, 0) is 37.9 Å². The lowest BCUT2D eigenvalue weighted by Crippen LogP contribution is -2.62. The first-order valence-corrected chi connectivity index (χ1v) is 27.1. The van der Waals surface area contributed by atoms with E-state index < -0.39 is 6.85 Å². The fraction of sp³-hybridized carbons (Fsp3) is 0.391. The number of benzene rings is 7. The Hall–Kier alpha value is -5.80. The molecule has 366 valence electrons. The summed E-state index contributed by atoms with van der Waals surface area (Å²) in [5, 5.41) is 0. The van der Waals surface area contributed by atoms with Crippen LogP contribution in [0, 0.1) is 6.85 Å². The summed E-state index contributed by atoms with van der Waals surface area (Å²) < 4.78 is 28.0. The first-order valence-electron chi connectivity index (χ1n) is 28.6. The maximum atomic E-state index is 9.35. The molecule has 0 N–H and O–H groups in total. The third-order valence-corrected chi connectivity index (χ3v) is 19.2. The van der Waals surface area contributed by atoms with Crippen molar-refractivity contribution < 1.29 is 4.11 Å². The third kappa shape index (κ3) is 6.94. The number of rotatable bonds is 5. The lowest BCUT2D eigenvalue weighted by molar-refractivity contribution is 0.332. The molecule has 0 radical (unpaired) electrons. The highest BCUT2D eigenvalue weighted by atomic mass is 15.2. The van der Waals surface area contributed by atoms with Crippen molar-refractivity contribution in [2.45, 2.75) is 174 Å². The summed E-state index contributed by atoms with van der Waals surface area (Å²) in [7, 11) is 0. The molecule has 7 aromatic carbocycles. The Morgan fingerprint density at radius 3 is 1.50 bits per heavy atom. The zero-order valence-corrected chi connectivity index (χ0v) is 45.7. The standard InChI is InChI=1S/C69H77BN2/c1-43-34-60-62-61(35-43)72(57-29-26-46(36-48(57)44-22-18-16-19-23-44)69(14,15)45-24-20-17-21-25-45)59-41-54-52(67(10,11)42-68(54,12)13)39-56(59)70(62)55-38-51-53(66(8,9)33-32-65(51,6)7)40-58(55)71(60)47-27-28-49-50(37-47)64(4,5)31-30-63(49,2)3/h16-29,34-41H,30-33,42H2,1-15H3/i1D3. The van der Waals surface area contributed by atoms with E-state index in [1.165, 1.54) is 55.4 Å². The minimum absolute atomic E-state index is 0.0321. The summed E-state index contributed by atoms with van der Waals surface area (Å²) in [5.74, 6) is 0. The molecular weight excluding hydrogens is 868 g/mol. The molecule has 3 aliphatic carbocycles. The second kappa shape index (κ2) is 15.4. The molecule has 0 bridgehead atoms. The van der Waals surface area contributed by atoms with Crippen molar-refractivity contribution >= 4 is 57.2 Å². The van der Waals surface area contributed by atoms with E-state index in [1.54, 1.807) is 0 Å². The fourth-order valence-corrected chi connectivity index (χ4v) is 14.8. The van der Waals surface area contributed by atoms with Crippen LogP contribution in [-0.4, -0.2) is 6.71 Å². The molecular formula is C69H77BN2. The molecule has 7 aromatic rings. The van der Waals surface area contributed by atoms with Gasteiger partial charge in [0.2, 0.25) is 0 Å². The van der Waals surface area contributed by atoms with Crippen LogP contribution in [0.15, 0.2) is 133 Å². The van der Waals surface area contributed by atoms with Gasteiger partial charge in [0, 0.05) is 43.5 Å². The predicted octanol–water partition coefficient (Wildman–Crippen LogP) is 16.7. The normalized spacial score (nSPS) is 20.7. The van der Waals surface area contributed by atoms with Crippen molar-refractivity contribution in [2.24, 2.45) is 0 Å². The molecule has 2 aliphatic heterocycles. The highest BCUT2D eigenvalue weighted by Gasteiger charge is 2.50. The van der Waals surface area contributed by atoms with Gasteiger partial charge in [-0.2, -0.15) is 0 Å². The molecule has 0 unspecified atom stereocenters. The molecule has 2 heterocycles. The van der Waals surface area contributed by atoms with Gasteiger partial charge in [-0.1, -0.05) is 182 Å². The predicted molar refractivity (Wildman–Crippen MR) is 310 cm³/mol. The van der Waals surface area contributed by atoms with Gasteiger partial charge in [0.05, 0.1) is 5.69 Å². The van der Waals surface area contributed by atoms with Crippen LogP contribution >= 0.6 is 0 Å². The quantitative estimate of drug-likeness (QED) is 0.159. The van der Waals surface area contributed by atoms with E-state index in [2.05, 4.69) is 234 Å². The van der Waals surface area contributed by atoms with E-state index in [0.29, 0.717) is 5.56 Å². The number of fused-ring (bicyclic) bond motifs is 7. The van der Waals surface area contributed by atoms with Crippen LogP contribution in [0.25, 0.3) is 11.1 Å². The number of aryl methyl sites for hydroxylation is 1. The first kappa shape index (κ1) is 43.8. The largest absolute Gasteiger partial charge is 0.311 e. The Kier molecular flexibility index (Phi) is 9.35. The monoisotopic (exact) mass is 948 g/mol. The van der Waals surface area contributed by atoms with Crippen LogP contribution in [0.4, 0.5) is 34.1 Å². The number of nitrogens with zero attached hydrogens (tertiary/aromatic N) is 2. The zero-order valence-electron chi connectivity index (χ0n) is 48.7. The van der Waals surface area contributed by atoms with E-state index in [4.69, 9.17) is 0 Å². The van der Waals surface area contributed by atoms with Crippen molar-refractivity contribution in [1.82, 2.24) is 0 Å². The smallest absolute Gasteiger partial charge is 0.252 e. The molecule has 0 atom stereocenters. The van der Waals surface area contributed by atoms with Gasteiger partial charge in [-0.25, -0.2) is 0 Å². The van der Waals surface area contributed by atoms with Crippen LogP contribution in [0.2, 0.25) is 0 Å². The molecule has 2 nitrogen and oxygen atoms in total. The number of anilines is 6. The van der Waals surface area contributed by atoms with Crippen LogP contribution in [0.3, 0.4) is 0 Å². The summed E-state index contributed by atoms with van der Waals surface area (Å²) in [6.07, 6.45) is 5.48. The lowest BCUT2D eigenvalue weighted by Gasteiger charge is -2.48. The highest BCUT2D eigenvalue weighted by Crippen LogP contribution is 2.56. The minimum Gasteiger partial charge on any atom is -0.311 e. The van der Waals surface area contributed by atoms with Gasteiger partial charge in [-0.05, 0) is 192 Å². The summed E-state index contributed by atoms with van der Waals surface area (Å²) in [6, 6.07) is 50.4. The molecule has 0 saturated heterocycles. The van der Waals surface area contributed by atoms with Crippen molar-refractivity contribution in [1.29, 1.82) is 0 Å². The maximum absolute atomic E-state index is 9.35. The Morgan fingerprint density at radius 1 is 0.431 bits per heavy atom. The second-order valence-corrected chi connectivity index (χ2v) is 27.2. The van der Waals surface area contributed by atoms with Crippen molar-refractivity contribution in [2.75, 3.05) is 9.80 Å². The van der Waals surface area contributed by atoms with E-state index in [0.717, 1.165) is 82.8 Å². The second-order valence-electron chi connectivity index (χ2n) is 27.2. The summed E-state index contributed by atoms with van der Waals surface area (Å²) in [6.45, 7) is 31.2. The molecule has 0 amide bonds. The third-order valence-electron chi connectivity index (χ3n) is 19.2. The molecule has 5 aliphatic rings. The number of hydrogen-bond acceptors (Lipinski definition) is 2. The van der Waals surface area contributed by atoms with Crippen molar-refractivity contribution in [3.8, 4) is 11.1 Å². The first-order chi connectivity index (χ1) is 35.0. The molecule has 0 fully saturated rings. The van der Waals surface area contributed by atoms with Crippen molar-refractivity contribution in [3.63, 3.8) is 0 Å². The van der Waals surface area contributed by atoms with E-state index >= 15 is 0 Å². The van der Waals surface area contributed by atoms with Gasteiger partial charge in [-0.3, -0.25) is 0 Å². The fourth-order valence-electron chi connectivity index (χ4n) is 14.8. The van der Waals surface area contributed by atoms with E-state index in [1.807, 2.05) is 6.07 Å². The topological polar surface area (TPSA) is 6.48 Å². The molecule has 0 aromatic heterocycles. The molecule has 0 spiro atoms. The summed E-state index contributed by atoms with van der Waals surface area (Å²) in [4.78, 5) is 5.00. The van der Waals surface area contributed by atoms with Crippen LogP contribution < -0.4 is 26.2 Å². The van der Waals surface area contributed by atoms with Gasteiger partial charge in [0.1, 0.15) is 0 Å². The zero-order chi connectivity index (χ0) is 53.4. The Bertz CT molecular complexity index is 3500. The van der Waals surface area contributed by atoms with Gasteiger partial charge < -0.3 is 9.80 Å². The Labute approximate surface area is 437 Å². The average molecular weight is 948 g/mol. The maximum Gasteiger partial charge on any atom is 0.252 e. The van der Waals surface area contributed by atoms with E-state index in [9.17, 15) is 4.11 Å². The number of hydrogen-bond donors (Lipinski definition) is 0. The minimum atomic E-state index is -2.39. The van der Waals surface area contributed by atoms with Gasteiger partial charge in [0.25, 0.3) is 6.71 Å². The average Bonchev–Trinajstić information content (AvgIpc) is 3.59. The summed E-state index contributed by atoms with van der Waals surface area (Å²) in [5.41, 5.74) is 23.0. The molecule has 3 heteroatoms. The van der Waals surface area contributed by atoms with Crippen LogP contribution in [0.1, 0.15) is 183 Å². The highest BCUT2D eigenvalue weighted by molar-refractivity contribution is 7.00.